The predicted octanol–water partition coefficient (Wildman–Crippen LogP) is 2.20. The van der Waals surface area contributed by atoms with Gasteiger partial charge in [-0.3, -0.25) is 0 Å². The third kappa shape index (κ3) is 2.30. The third-order valence-corrected chi connectivity index (χ3v) is 2.74. The Morgan fingerprint density at radius 3 is 1.31 bits per heavy atom. The average molecular weight is 216 g/mol. The number of halogens is 2. The van der Waals surface area contributed by atoms with Gasteiger partial charge in [0.2, 0.25) is 6.71 Å². The van der Waals surface area contributed by atoms with Crippen molar-refractivity contribution < 1.29 is 8.78 Å². The van der Waals surface area contributed by atoms with E-state index < -0.39 is 0 Å². The van der Waals surface area contributed by atoms with Crippen LogP contribution < -0.4 is 10.9 Å². The minimum Gasteiger partial charge on any atom is -0.207 e. The van der Waals surface area contributed by atoms with Crippen LogP contribution in [0.15, 0.2) is 48.5 Å². The molecule has 3 heteroatoms. The van der Waals surface area contributed by atoms with Gasteiger partial charge in [-0.25, -0.2) is 8.78 Å². The second-order valence-electron chi connectivity index (χ2n) is 3.82. The van der Waals surface area contributed by atoms with Crippen molar-refractivity contribution in [3.63, 3.8) is 0 Å². The lowest BCUT2D eigenvalue weighted by Crippen LogP contribution is -2.39. The topological polar surface area (TPSA) is 0 Å². The summed E-state index contributed by atoms with van der Waals surface area (Å²) < 4.78 is 25.5. The fourth-order valence-corrected chi connectivity index (χ4v) is 1.70. The summed E-state index contributed by atoms with van der Waals surface area (Å²) in [7, 11) is 0. The van der Waals surface area contributed by atoms with Crippen LogP contribution in [-0.2, 0) is 0 Å². The minimum absolute atomic E-state index is 0.140. The quantitative estimate of drug-likeness (QED) is 0.675. The van der Waals surface area contributed by atoms with Gasteiger partial charge in [-0.05, 0) is 24.3 Å². The van der Waals surface area contributed by atoms with Crippen LogP contribution in [0.1, 0.15) is 0 Å². The first-order valence-corrected chi connectivity index (χ1v) is 5.18. The Hall–Kier alpha value is -1.64. The molecule has 0 amide bonds. The van der Waals surface area contributed by atoms with Gasteiger partial charge in [0.15, 0.2) is 0 Å². The Morgan fingerprint density at radius 2 is 1.00 bits per heavy atom. The highest BCUT2D eigenvalue weighted by molar-refractivity contribution is 6.84. The summed E-state index contributed by atoms with van der Waals surface area (Å²) in [5.41, 5.74) is 2.04. The van der Waals surface area contributed by atoms with E-state index in [0.717, 1.165) is 10.9 Å². The Balaban J connectivity index is 2.28. The normalized spacial score (nSPS) is 10.2. The Morgan fingerprint density at radius 1 is 0.688 bits per heavy atom. The number of hydrogen-bond donors (Lipinski definition) is 0. The molecule has 16 heavy (non-hydrogen) atoms. The Bertz CT molecular complexity index is 417. The van der Waals surface area contributed by atoms with E-state index in [1.807, 2.05) is 6.82 Å². The van der Waals surface area contributed by atoms with Crippen molar-refractivity contribution in [3.05, 3.63) is 60.2 Å². The van der Waals surface area contributed by atoms with Crippen molar-refractivity contribution in [2.45, 2.75) is 6.82 Å². The van der Waals surface area contributed by atoms with Crippen LogP contribution in [0.4, 0.5) is 8.78 Å². The lowest BCUT2D eigenvalue weighted by Gasteiger charge is -2.08. The first-order valence-electron chi connectivity index (χ1n) is 5.18. The molecule has 0 N–H and O–H groups in total. The molecule has 0 aliphatic heterocycles. The van der Waals surface area contributed by atoms with E-state index in [-0.39, 0.29) is 18.3 Å². The molecule has 0 bridgehead atoms. The average Bonchev–Trinajstić information content (AvgIpc) is 2.30. The van der Waals surface area contributed by atoms with Gasteiger partial charge in [0.05, 0.1) is 0 Å². The molecule has 0 spiro atoms. The van der Waals surface area contributed by atoms with E-state index in [1.54, 1.807) is 24.3 Å². The van der Waals surface area contributed by atoms with Crippen LogP contribution in [0.2, 0.25) is 6.82 Å². The molecule has 2 rings (SSSR count). The first-order chi connectivity index (χ1) is 7.66. The van der Waals surface area contributed by atoms with Crippen molar-refractivity contribution in [2.24, 2.45) is 0 Å². The molecular formula is C13H11BF2. The number of rotatable bonds is 2. The molecule has 0 radical (unpaired) electrons. The molecular weight excluding hydrogens is 205 g/mol. The summed E-state index contributed by atoms with van der Waals surface area (Å²) in [4.78, 5) is 0. The lowest BCUT2D eigenvalue weighted by molar-refractivity contribution is 0.628. The second kappa shape index (κ2) is 4.48. The smallest absolute Gasteiger partial charge is 0.206 e. The molecule has 0 nitrogen and oxygen atoms in total. The molecule has 0 unspecified atom stereocenters. The van der Waals surface area contributed by atoms with E-state index in [4.69, 9.17) is 0 Å². The van der Waals surface area contributed by atoms with Gasteiger partial charge < -0.3 is 0 Å². The van der Waals surface area contributed by atoms with Gasteiger partial charge in [0, 0.05) is 0 Å². The number of benzene rings is 2. The van der Waals surface area contributed by atoms with Gasteiger partial charge in [0.1, 0.15) is 11.6 Å². The zero-order chi connectivity index (χ0) is 11.5. The van der Waals surface area contributed by atoms with Crippen molar-refractivity contribution in [2.75, 3.05) is 0 Å². The Labute approximate surface area is 94.0 Å². The molecule has 0 atom stereocenters. The molecule has 0 saturated heterocycles. The predicted molar refractivity (Wildman–Crippen MR) is 63.7 cm³/mol. The zero-order valence-electron chi connectivity index (χ0n) is 8.95. The highest BCUT2D eigenvalue weighted by Gasteiger charge is 2.12. The summed E-state index contributed by atoms with van der Waals surface area (Å²) in [6.45, 7) is 2.15. The maximum atomic E-state index is 12.8. The van der Waals surface area contributed by atoms with E-state index in [9.17, 15) is 8.78 Å². The molecule has 0 aliphatic carbocycles. The fraction of sp³-hybridized carbons (Fsp3) is 0.0769. The summed E-state index contributed by atoms with van der Waals surface area (Å²) >= 11 is 0. The fourth-order valence-electron chi connectivity index (χ4n) is 1.70. The van der Waals surface area contributed by atoms with Gasteiger partial charge in [-0.15, -0.1) is 0 Å². The van der Waals surface area contributed by atoms with Gasteiger partial charge in [-0.2, -0.15) is 0 Å². The summed E-state index contributed by atoms with van der Waals surface area (Å²) in [6, 6.07) is 12.8. The molecule has 0 aromatic heterocycles. The van der Waals surface area contributed by atoms with Crippen molar-refractivity contribution in [1.29, 1.82) is 0 Å². The van der Waals surface area contributed by atoms with Crippen LogP contribution in [-0.4, -0.2) is 6.71 Å². The van der Waals surface area contributed by atoms with E-state index in [1.165, 1.54) is 24.3 Å². The van der Waals surface area contributed by atoms with Gasteiger partial charge in [-0.1, -0.05) is 42.0 Å². The maximum absolute atomic E-state index is 12.8. The highest BCUT2D eigenvalue weighted by Crippen LogP contribution is 1.98. The van der Waals surface area contributed by atoms with Crippen LogP contribution in [0, 0.1) is 11.6 Å². The van der Waals surface area contributed by atoms with Crippen LogP contribution in [0.25, 0.3) is 0 Å². The van der Waals surface area contributed by atoms with Crippen LogP contribution >= 0.6 is 0 Å². The van der Waals surface area contributed by atoms with Gasteiger partial charge >= 0.3 is 0 Å². The van der Waals surface area contributed by atoms with E-state index >= 15 is 0 Å². The Kier molecular flexibility index (Phi) is 3.04. The molecule has 2 aromatic rings. The SMILES string of the molecule is CB(c1ccc(F)cc1)c1ccc(F)cc1. The van der Waals surface area contributed by atoms with E-state index in [2.05, 4.69) is 0 Å². The summed E-state index contributed by atoms with van der Waals surface area (Å²) in [6.07, 6.45) is 0. The molecule has 0 aliphatic rings. The molecule has 0 saturated carbocycles. The van der Waals surface area contributed by atoms with Crippen molar-refractivity contribution in [3.8, 4) is 0 Å². The first kappa shape index (κ1) is 10.9. The highest BCUT2D eigenvalue weighted by atomic mass is 19.1. The van der Waals surface area contributed by atoms with Crippen molar-refractivity contribution >= 4 is 17.6 Å². The zero-order valence-corrected chi connectivity index (χ0v) is 8.95. The minimum atomic E-state index is -0.241. The van der Waals surface area contributed by atoms with Crippen molar-refractivity contribution in [1.82, 2.24) is 0 Å². The van der Waals surface area contributed by atoms with E-state index in [0.29, 0.717) is 0 Å². The largest absolute Gasteiger partial charge is 0.207 e. The molecule has 80 valence electrons. The third-order valence-electron chi connectivity index (χ3n) is 2.74. The monoisotopic (exact) mass is 216 g/mol. The molecule has 0 fully saturated rings. The molecule has 0 heterocycles. The summed E-state index contributed by atoms with van der Waals surface area (Å²) in [5, 5.41) is 0. The molecule has 2 aromatic carbocycles. The number of hydrogen-bond acceptors (Lipinski definition) is 0. The summed E-state index contributed by atoms with van der Waals surface area (Å²) in [5.74, 6) is -0.481. The van der Waals surface area contributed by atoms with Gasteiger partial charge in [0.25, 0.3) is 0 Å². The van der Waals surface area contributed by atoms with Crippen LogP contribution in [0.5, 0.6) is 0 Å². The van der Waals surface area contributed by atoms with Crippen LogP contribution in [0.3, 0.4) is 0 Å². The second-order valence-corrected chi connectivity index (χ2v) is 3.82. The standard InChI is InChI=1S/C13H11BF2/c1-14(10-2-6-12(15)7-3-10)11-4-8-13(16)9-5-11/h2-9H,1H3. The lowest BCUT2D eigenvalue weighted by atomic mass is 9.43. The maximum Gasteiger partial charge on any atom is 0.206 e.